The predicted molar refractivity (Wildman–Crippen MR) is 110 cm³/mol. The van der Waals surface area contributed by atoms with Gasteiger partial charge in [0.1, 0.15) is 0 Å². The van der Waals surface area contributed by atoms with Crippen LogP contribution in [0.3, 0.4) is 0 Å². The van der Waals surface area contributed by atoms with E-state index in [4.69, 9.17) is 9.47 Å². The van der Waals surface area contributed by atoms with Crippen LogP contribution in [0.4, 0.5) is 17.6 Å². The smallest absolute Gasteiger partial charge is 0.418 e. The number of ether oxygens (including phenoxy) is 2. The van der Waals surface area contributed by atoms with Gasteiger partial charge < -0.3 is 9.47 Å². The second-order valence-electron chi connectivity index (χ2n) is 6.43. The van der Waals surface area contributed by atoms with Crippen molar-refractivity contribution in [2.45, 2.75) is 19.0 Å². The molecule has 3 aromatic rings. The number of esters is 2. The van der Waals surface area contributed by atoms with E-state index in [1.54, 1.807) is 0 Å². The third-order valence-electron chi connectivity index (χ3n) is 4.46. The number of hydrogen-bond acceptors (Lipinski definition) is 5. The molecule has 3 rings (SSSR count). The van der Waals surface area contributed by atoms with E-state index in [0.717, 1.165) is 12.2 Å². The molecule has 0 bridgehead atoms. The number of carbonyl (C=O) groups excluding carboxylic acids is 2. The van der Waals surface area contributed by atoms with Gasteiger partial charge in [-0.25, -0.2) is 14.0 Å². The molecule has 0 amide bonds. The lowest BCUT2D eigenvalue weighted by atomic mass is 9.99. The zero-order valence-electron chi connectivity index (χ0n) is 16.1. The monoisotopic (exact) mass is 452 g/mol. The van der Waals surface area contributed by atoms with Gasteiger partial charge in [0, 0.05) is 27.6 Å². The molecule has 31 heavy (non-hydrogen) atoms. The van der Waals surface area contributed by atoms with E-state index < -0.39 is 29.5 Å². The summed E-state index contributed by atoms with van der Waals surface area (Å²) in [6.45, 7) is 6.42. The van der Waals surface area contributed by atoms with Crippen molar-refractivity contribution in [3.05, 3.63) is 66.5 Å². The van der Waals surface area contributed by atoms with Crippen LogP contribution in [0.2, 0.25) is 0 Å². The normalized spacial score (nSPS) is 11.5. The van der Waals surface area contributed by atoms with Crippen molar-refractivity contribution in [3.8, 4) is 5.75 Å². The van der Waals surface area contributed by atoms with Gasteiger partial charge in [0.2, 0.25) is 0 Å². The summed E-state index contributed by atoms with van der Waals surface area (Å²) in [5, 5.41) is 0.530. The van der Waals surface area contributed by atoms with Gasteiger partial charge in [0.05, 0.1) is 16.9 Å². The van der Waals surface area contributed by atoms with E-state index in [1.807, 2.05) is 0 Å². The number of rotatable bonds is 7. The number of benzene rings is 2. The predicted octanol–water partition coefficient (Wildman–Crippen LogP) is 5.97. The highest BCUT2D eigenvalue weighted by Crippen LogP contribution is 2.46. The summed E-state index contributed by atoms with van der Waals surface area (Å²) in [7, 11) is 0. The third kappa shape index (κ3) is 4.61. The first-order chi connectivity index (χ1) is 14.7. The molecular formula is C22H16F4O4S. The molecule has 1 heterocycles. The van der Waals surface area contributed by atoms with Crippen LogP contribution in [-0.2, 0) is 26.9 Å². The minimum absolute atomic E-state index is 0.00807. The number of carbonyl (C=O) groups is 2. The first-order valence-corrected chi connectivity index (χ1v) is 9.86. The van der Waals surface area contributed by atoms with Crippen molar-refractivity contribution in [1.82, 2.24) is 0 Å². The fraction of sp³-hybridized carbons (Fsp3) is 0.182. The Morgan fingerprint density at radius 3 is 2.29 bits per heavy atom. The molecular weight excluding hydrogens is 436 g/mol. The largest absolute Gasteiger partial charge is 0.463 e. The van der Waals surface area contributed by atoms with Gasteiger partial charge in [-0.05, 0) is 30.5 Å². The highest BCUT2D eigenvalue weighted by Gasteiger charge is 2.36. The van der Waals surface area contributed by atoms with Crippen LogP contribution in [0.25, 0.3) is 20.2 Å². The van der Waals surface area contributed by atoms with Crippen LogP contribution < -0.4 is 4.74 Å². The molecule has 0 aliphatic carbocycles. The Kier molecular flexibility index (Phi) is 6.45. The van der Waals surface area contributed by atoms with E-state index in [9.17, 15) is 27.2 Å². The van der Waals surface area contributed by atoms with Crippen molar-refractivity contribution in [2.75, 3.05) is 6.61 Å². The first-order valence-electron chi connectivity index (χ1n) is 9.04. The molecule has 0 unspecified atom stereocenters. The number of fused-ring (bicyclic) bond motifs is 3. The molecule has 162 valence electrons. The Bertz CT molecular complexity index is 1190. The van der Waals surface area contributed by atoms with Gasteiger partial charge in [-0.3, -0.25) is 0 Å². The summed E-state index contributed by atoms with van der Waals surface area (Å²) < 4.78 is 66.1. The maximum Gasteiger partial charge on any atom is 0.418 e. The molecule has 0 atom stereocenters. The molecule has 0 N–H and O–H groups in total. The number of aryl methyl sites for hydroxylation is 1. The van der Waals surface area contributed by atoms with E-state index in [-0.39, 0.29) is 50.9 Å². The SMILES string of the molecule is C=CC(=O)OCCCc1ccc2c(sc3c(F)c(OC(=O)C=C)ccc32)c1C(F)(F)F. The minimum atomic E-state index is -4.68. The lowest BCUT2D eigenvalue weighted by Crippen LogP contribution is -2.10. The van der Waals surface area contributed by atoms with Crippen molar-refractivity contribution < 1.29 is 36.6 Å². The van der Waals surface area contributed by atoms with Crippen LogP contribution in [-0.4, -0.2) is 18.5 Å². The molecule has 1 aromatic heterocycles. The second-order valence-corrected chi connectivity index (χ2v) is 7.45. The summed E-state index contributed by atoms with van der Waals surface area (Å²) in [5.74, 6) is -2.84. The topological polar surface area (TPSA) is 52.6 Å². The molecule has 2 aromatic carbocycles. The van der Waals surface area contributed by atoms with Crippen LogP contribution in [0.5, 0.6) is 5.75 Å². The van der Waals surface area contributed by atoms with Gasteiger partial charge in [-0.15, -0.1) is 11.3 Å². The number of alkyl halides is 3. The van der Waals surface area contributed by atoms with Gasteiger partial charge in [-0.2, -0.15) is 13.2 Å². The maximum absolute atomic E-state index is 14.9. The Hall–Kier alpha value is -3.20. The Balaban J connectivity index is 2.07. The Morgan fingerprint density at radius 2 is 1.65 bits per heavy atom. The highest BCUT2D eigenvalue weighted by molar-refractivity contribution is 7.26. The van der Waals surface area contributed by atoms with Crippen molar-refractivity contribution in [2.24, 2.45) is 0 Å². The van der Waals surface area contributed by atoms with Crippen LogP contribution >= 0.6 is 11.3 Å². The summed E-state index contributed by atoms with van der Waals surface area (Å²) >= 11 is 0.642. The van der Waals surface area contributed by atoms with Gasteiger partial charge >= 0.3 is 18.1 Å². The summed E-state index contributed by atoms with van der Waals surface area (Å²) in [6.07, 6.45) is -2.67. The lowest BCUT2D eigenvalue weighted by Gasteiger charge is -2.14. The molecule has 0 saturated heterocycles. The van der Waals surface area contributed by atoms with Crippen molar-refractivity contribution in [3.63, 3.8) is 0 Å². The fourth-order valence-corrected chi connectivity index (χ4v) is 4.45. The average Bonchev–Trinajstić information content (AvgIpc) is 3.10. The number of halogens is 4. The first kappa shape index (κ1) is 22.5. The third-order valence-corrected chi connectivity index (χ3v) is 5.69. The molecule has 0 aliphatic heterocycles. The Labute approximate surface area is 178 Å². The minimum Gasteiger partial charge on any atom is -0.463 e. The van der Waals surface area contributed by atoms with Gasteiger partial charge in [-0.1, -0.05) is 25.3 Å². The second kappa shape index (κ2) is 8.89. The maximum atomic E-state index is 14.9. The summed E-state index contributed by atoms with van der Waals surface area (Å²) in [5.41, 5.74) is -0.842. The zero-order chi connectivity index (χ0) is 22.8. The highest BCUT2D eigenvalue weighted by atomic mass is 32.1. The van der Waals surface area contributed by atoms with E-state index >= 15 is 0 Å². The van der Waals surface area contributed by atoms with Crippen LogP contribution in [0.1, 0.15) is 17.5 Å². The molecule has 0 spiro atoms. The summed E-state index contributed by atoms with van der Waals surface area (Å²) in [4.78, 5) is 22.4. The summed E-state index contributed by atoms with van der Waals surface area (Å²) in [6, 6.07) is 5.46. The Morgan fingerprint density at radius 1 is 1.00 bits per heavy atom. The number of thiophene rings is 1. The van der Waals surface area contributed by atoms with E-state index in [0.29, 0.717) is 11.3 Å². The van der Waals surface area contributed by atoms with Crippen LogP contribution in [0, 0.1) is 5.82 Å². The molecule has 0 fully saturated rings. The van der Waals surface area contributed by atoms with Gasteiger partial charge in [0.15, 0.2) is 11.6 Å². The quantitative estimate of drug-likeness (QED) is 0.146. The van der Waals surface area contributed by atoms with Gasteiger partial charge in [0.25, 0.3) is 0 Å². The van der Waals surface area contributed by atoms with Crippen LogP contribution in [0.15, 0.2) is 49.6 Å². The van der Waals surface area contributed by atoms with Crippen molar-refractivity contribution >= 4 is 43.4 Å². The van der Waals surface area contributed by atoms with Crippen molar-refractivity contribution in [1.29, 1.82) is 0 Å². The molecule has 4 nitrogen and oxygen atoms in total. The molecule has 9 heteroatoms. The fourth-order valence-electron chi connectivity index (χ4n) is 3.14. The molecule has 0 aliphatic rings. The molecule has 0 radical (unpaired) electrons. The molecule has 0 saturated carbocycles. The number of hydrogen-bond donors (Lipinski definition) is 0. The lowest BCUT2D eigenvalue weighted by molar-refractivity contribution is -0.139. The standard InChI is InChI=1S/C22H16F4O4S/c1-3-16(27)29-11-5-6-12-7-8-13-14-9-10-15(30-17(28)4-2)19(23)21(14)31-20(13)18(12)22(24,25)26/h3-4,7-10H,1-2,5-6,11H2. The van der Waals surface area contributed by atoms with E-state index in [1.165, 1.54) is 24.3 Å². The average molecular weight is 452 g/mol. The zero-order valence-corrected chi connectivity index (χ0v) is 16.9. The van der Waals surface area contributed by atoms with E-state index in [2.05, 4.69) is 13.2 Å².